The lowest BCUT2D eigenvalue weighted by atomic mass is 9.91. The van der Waals surface area contributed by atoms with Gasteiger partial charge in [0.1, 0.15) is 0 Å². The summed E-state index contributed by atoms with van der Waals surface area (Å²) in [6.07, 6.45) is 3.94. The number of nitrogens with zero attached hydrogens (tertiary/aromatic N) is 1. The minimum Gasteiger partial charge on any atom is -0.493 e. The highest BCUT2D eigenvalue weighted by Crippen LogP contribution is 2.34. The van der Waals surface area contributed by atoms with Gasteiger partial charge in [0.25, 0.3) is 0 Å². The van der Waals surface area contributed by atoms with E-state index in [9.17, 15) is 0 Å². The molecule has 3 heteroatoms. The van der Waals surface area contributed by atoms with E-state index in [1.807, 2.05) is 12.1 Å². The third kappa shape index (κ3) is 1.94. The molecule has 0 N–H and O–H groups in total. The van der Waals surface area contributed by atoms with Gasteiger partial charge in [-0.3, -0.25) is 0 Å². The quantitative estimate of drug-likeness (QED) is 0.780. The Morgan fingerprint density at radius 2 is 1.81 bits per heavy atom. The van der Waals surface area contributed by atoms with Crippen LogP contribution in [-0.2, 0) is 0 Å². The van der Waals surface area contributed by atoms with Crippen molar-refractivity contribution in [3.63, 3.8) is 0 Å². The molecular formula is C13H19NO2. The van der Waals surface area contributed by atoms with Crippen LogP contribution >= 0.6 is 0 Å². The van der Waals surface area contributed by atoms with E-state index >= 15 is 0 Å². The van der Waals surface area contributed by atoms with Crippen molar-refractivity contribution in [3.8, 4) is 11.5 Å². The smallest absolute Gasteiger partial charge is 0.162 e. The van der Waals surface area contributed by atoms with Gasteiger partial charge in [0.2, 0.25) is 0 Å². The summed E-state index contributed by atoms with van der Waals surface area (Å²) in [6.45, 7) is 0. The standard InChI is InChI=1S/C13H19NO2/c1-14(10-5-4-6-10)11-7-8-12(15-2)13(9-11)16-3/h7-10H,4-6H2,1-3H3. The van der Waals surface area contributed by atoms with Crippen molar-refractivity contribution in [2.75, 3.05) is 26.2 Å². The Bertz CT molecular complexity index is 361. The van der Waals surface area contributed by atoms with Gasteiger partial charge >= 0.3 is 0 Å². The molecule has 0 saturated heterocycles. The molecule has 0 amide bonds. The molecule has 88 valence electrons. The van der Waals surface area contributed by atoms with E-state index in [4.69, 9.17) is 9.47 Å². The molecule has 16 heavy (non-hydrogen) atoms. The van der Waals surface area contributed by atoms with Crippen LogP contribution in [0.25, 0.3) is 0 Å². The SMILES string of the molecule is COc1ccc(N(C)C2CCC2)cc1OC. The van der Waals surface area contributed by atoms with Gasteiger partial charge < -0.3 is 14.4 Å². The third-order valence-electron chi connectivity index (χ3n) is 3.40. The summed E-state index contributed by atoms with van der Waals surface area (Å²) in [4.78, 5) is 2.32. The average molecular weight is 221 g/mol. The Balaban J connectivity index is 2.20. The number of rotatable bonds is 4. The van der Waals surface area contributed by atoms with Crippen molar-refractivity contribution >= 4 is 5.69 Å². The van der Waals surface area contributed by atoms with Gasteiger partial charge in [-0.1, -0.05) is 0 Å². The second-order valence-electron chi connectivity index (χ2n) is 4.23. The van der Waals surface area contributed by atoms with Gasteiger partial charge in [-0.15, -0.1) is 0 Å². The molecule has 0 aliphatic heterocycles. The van der Waals surface area contributed by atoms with Crippen LogP contribution < -0.4 is 14.4 Å². The van der Waals surface area contributed by atoms with E-state index in [2.05, 4.69) is 18.0 Å². The van der Waals surface area contributed by atoms with Crippen molar-refractivity contribution in [2.24, 2.45) is 0 Å². The topological polar surface area (TPSA) is 21.7 Å². The zero-order valence-corrected chi connectivity index (χ0v) is 10.2. The fourth-order valence-corrected chi connectivity index (χ4v) is 2.03. The molecule has 1 aliphatic rings. The molecule has 1 aromatic carbocycles. The first-order valence-electron chi connectivity index (χ1n) is 5.71. The zero-order valence-electron chi connectivity index (χ0n) is 10.2. The van der Waals surface area contributed by atoms with Crippen LogP contribution in [0.5, 0.6) is 11.5 Å². The molecule has 0 heterocycles. The summed E-state index contributed by atoms with van der Waals surface area (Å²) in [7, 11) is 5.48. The first kappa shape index (κ1) is 11.1. The van der Waals surface area contributed by atoms with Gasteiger partial charge in [-0.05, 0) is 31.4 Å². The van der Waals surface area contributed by atoms with Gasteiger partial charge in [-0.25, -0.2) is 0 Å². The monoisotopic (exact) mass is 221 g/mol. The zero-order chi connectivity index (χ0) is 11.5. The number of methoxy groups -OCH3 is 2. The van der Waals surface area contributed by atoms with Crippen LogP contribution in [0.3, 0.4) is 0 Å². The molecule has 3 nitrogen and oxygen atoms in total. The number of ether oxygens (including phenoxy) is 2. The van der Waals surface area contributed by atoms with Crippen LogP contribution in [0.2, 0.25) is 0 Å². The minimum absolute atomic E-state index is 0.693. The lowest BCUT2D eigenvalue weighted by molar-refractivity contribution is 0.354. The van der Waals surface area contributed by atoms with Crippen molar-refractivity contribution in [2.45, 2.75) is 25.3 Å². The number of anilines is 1. The second-order valence-corrected chi connectivity index (χ2v) is 4.23. The van der Waals surface area contributed by atoms with E-state index in [0.717, 1.165) is 11.5 Å². The van der Waals surface area contributed by atoms with E-state index in [0.29, 0.717) is 6.04 Å². The van der Waals surface area contributed by atoms with Crippen LogP contribution in [-0.4, -0.2) is 27.3 Å². The van der Waals surface area contributed by atoms with Crippen LogP contribution in [0.4, 0.5) is 5.69 Å². The molecule has 0 spiro atoms. The Kier molecular flexibility index (Phi) is 3.22. The van der Waals surface area contributed by atoms with Crippen molar-refractivity contribution in [1.29, 1.82) is 0 Å². The predicted octanol–water partition coefficient (Wildman–Crippen LogP) is 2.69. The molecular weight excluding hydrogens is 202 g/mol. The van der Waals surface area contributed by atoms with E-state index in [-0.39, 0.29) is 0 Å². The molecule has 0 unspecified atom stereocenters. The molecule has 1 aromatic rings. The number of hydrogen-bond acceptors (Lipinski definition) is 3. The van der Waals surface area contributed by atoms with Crippen LogP contribution in [0, 0.1) is 0 Å². The van der Waals surface area contributed by atoms with Gasteiger partial charge in [-0.2, -0.15) is 0 Å². The Morgan fingerprint density at radius 1 is 1.12 bits per heavy atom. The average Bonchev–Trinajstić information content (AvgIpc) is 2.25. The molecule has 1 fully saturated rings. The first-order chi connectivity index (χ1) is 7.76. The maximum absolute atomic E-state index is 5.31. The summed E-state index contributed by atoms with van der Waals surface area (Å²) < 4.78 is 10.5. The van der Waals surface area contributed by atoms with E-state index in [1.54, 1.807) is 14.2 Å². The normalized spacial score (nSPS) is 15.4. The van der Waals surface area contributed by atoms with E-state index < -0.39 is 0 Å². The highest BCUT2D eigenvalue weighted by atomic mass is 16.5. The molecule has 0 aromatic heterocycles. The summed E-state index contributed by atoms with van der Waals surface area (Å²) in [6, 6.07) is 6.78. The third-order valence-corrected chi connectivity index (χ3v) is 3.40. The summed E-state index contributed by atoms with van der Waals surface area (Å²) in [5.41, 5.74) is 1.20. The Hall–Kier alpha value is -1.38. The van der Waals surface area contributed by atoms with Crippen LogP contribution in [0.1, 0.15) is 19.3 Å². The lowest BCUT2D eigenvalue weighted by Gasteiger charge is -2.36. The largest absolute Gasteiger partial charge is 0.493 e. The van der Waals surface area contributed by atoms with Crippen molar-refractivity contribution in [1.82, 2.24) is 0 Å². The van der Waals surface area contributed by atoms with Crippen molar-refractivity contribution < 1.29 is 9.47 Å². The van der Waals surface area contributed by atoms with Crippen LogP contribution in [0.15, 0.2) is 18.2 Å². The summed E-state index contributed by atoms with van der Waals surface area (Å²) in [5, 5.41) is 0. The highest BCUT2D eigenvalue weighted by Gasteiger charge is 2.22. The molecule has 1 saturated carbocycles. The van der Waals surface area contributed by atoms with Gasteiger partial charge in [0, 0.05) is 24.8 Å². The highest BCUT2D eigenvalue weighted by molar-refractivity contribution is 5.56. The maximum Gasteiger partial charge on any atom is 0.162 e. The van der Waals surface area contributed by atoms with Gasteiger partial charge in [0.05, 0.1) is 14.2 Å². The molecule has 0 bridgehead atoms. The van der Waals surface area contributed by atoms with E-state index in [1.165, 1.54) is 24.9 Å². The second kappa shape index (κ2) is 4.64. The minimum atomic E-state index is 0.693. The summed E-state index contributed by atoms with van der Waals surface area (Å²) >= 11 is 0. The number of hydrogen-bond donors (Lipinski definition) is 0. The molecule has 2 rings (SSSR count). The van der Waals surface area contributed by atoms with Crippen molar-refractivity contribution in [3.05, 3.63) is 18.2 Å². The predicted molar refractivity (Wildman–Crippen MR) is 65.6 cm³/mol. The maximum atomic E-state index is 5.31. The molecule has 0 atom stereocenters. The van der Waals surface area contributed by atoms with Gasteiger partial charge in [0.15, 0.2) is 11.5 Å². The summed E-state index contributed by atoms with van der Waals surface area (Å²) in [5.74, 6) is 1.58. The Labute approximate surface area is 97.0 Å². The molecule has 1 aliphatic carbocycles. The lowest BCUT2D eigenvalue weighted by Crippen LogP contribution is -2.37. The Morgan fingerprint density at radius 3 is 2.31 bits per heavy atom. The fraction of sp³-hybridized carbons (Fsp3) is 0.538. The number of benzene rings is 1. The first-order valence-corrected chi connectivity index (χ1v) is 5.71. The fourth-order valence-electron chi connectivity index (χ4n) is 2.03. The molecule has 0 radical (unpaired) electrons.